The van der Waals surface area contributed by atoms with Gasteiger partial charge in [0.05, 0.1) is 19.5 Å². The molecule has 21 heavy (non-hydrogen) atoms. The summed E-state index contributed by atoms with van der Waals surface area (Å²) in [6.07, 6.45) is 3.09. The number of hydrogen-bond donors (Lipinski definition) is 0. The minimum atomic E-state index is -0.158. The van der Waals surface area contributed by atoms with Crippen molar-refractivity contribution < 1.29 is 13.9 Å². The first kappa shape index (κ1) is 15.2. The monoisotopic (exact) mass is 288 g/mol. The van der Waals surface area contributed by atoms with Gasteiger partial charge in [-0.15, -0.1) is 0 Å². The highest BCUT2D eigenvalue weighted by Crippen LogP contribution is 2.13. The fraction of sp³-hybridized carbons (Fsp3) is 0.353. The number of hydrogen-bond acceptors (Lipinski definition) is 4. The van der Waals surface area contributed by atoms with Crippen molar-refractivity contribution in [1.82, 2.24) is 0 Å². The fourth-order valence-electron chi connectivity index (χ4n) is 1.92. The van der Waals surface area contributed by atoms with Gasteiger partial charge in [0, 0.05) is 12.5 Å². The van der Waals surface area contributed by atoms with Gasteiger partial charge in [0.15, 0.2) is 0 Å². The lowest BCUT2D eigenvalue weighted by molar-refractivity contribution is 0.240. The van der Waals surface area contributed by atoms with Crippen molar-refractivity contribution >= 4 is 0 Å². The first-order chi connectivity index (χ1) is 10.2. The Morgan fingerprint density at radius 2 is 1.76 bits per heavy atom. The van der Waals surface area contributed by atoms with Crippen LogP contribution in [-0.2, 0) is 6.42 Å². The van der Waals surface area contributed by atoms with Crippen LogP contribution in [-0.4, -0.2) is 13.2 Å². The van der Waals surface area contributed by atoms with Crippen molar-refractivity contribution in [3.8, 4) is 11.5 Å². The van der Waals surface area contributed by atoms with Crippen LogP contribution in [0.15, 0.2) is 45.8 Å². The van der Waals surface area contributed by atoms with E-state index in [1.807, 2.05) is 12.1 Å². The number of ether oxygens (including phenoxy) is 2. The topological polar surface area (TPSA) is 48.7 Å². The molecule has 2 rings (SSSR count). The zero-order chi connectivity index (χ0) is 15.1. The standard InChI is InChI=1S/C17H20O4/c1-3-14-5-7-15(8-6-14)20-10-4-11-21-17-13(2)19-12-9-16(17)18/h5-9,12H,3-4,10-11H2,1-2H3. The van der Waals surface area contributed by atoms with E-state index in [-0.39, 0.29) is 11.2 Å². The van der Waals surface area contributed by atoms with Crippen LogP contribution in [0.1, 0.15) is 24.7 Å². The van der Waals surface area contributed by atoms with Gasteiger partial charge in [0.25, 0.3) is 0 Å². The molecule has 0 aliphatic rings. The Labute approximate surface area is 124 Å². The molecular weight excluding hydrogens is 268 g/mol. The van der Waals surface area contributed by atoms with E-state index in [1.54, 1.807) is 6.92 Å². The van der Waals surface area contributed by atoms with Crippen LogP contribution < -0.4 is 14.9 Å². The lowest BCUT2D eigenvalue weighted by atomic mass is 10.2. The summed E-state index contributed by atoms with van der Waals surface area (Å²) in [5.74, 6) is 1.63. The highest BCUT2D eigenvalue weighted by Gasteiger charge is 2.05. The van der Waals surface area contributed by atoms with Crippen LogP contribution in [0.5, 0.6) is 11.5 Å². The van der Waals surface area contributed by atoms with Gasteiger partial charge in [-0.1, -0.05) is 19.1 Å². The predicted octanol–water partition coefficient (Wildman–Crippen LogP) is 3.36. The maximum atomic E-state index is 11.6. The molecule has 1 heterocycles. The second-order valence-electron chi connectivity index (χ2n) is 4.72. The van der Waals surface area contributed by atoms with Crippen molar-refractivity contribution in [2.45, 2.75) is 26.7 Å². The molecule has 0 amide bonds. The Morgan fingerprint density at radius 3 is 2.43 bits per heavy atom. The molecule has 0 radical (unpaired) electrons. The highest BCUT2D eigenvalue weighted by atomic mass is 16.5. The second kappa shape index (κ2) is 7.53. The molecule has 112 valence electrons. The van der Waals surface area contributed by atoms with Crippen LogP contribution in [0, 0.1) is 6.92 Å². The molecule has 0 bridgehead atoms. The van der Waals surface area contributed by atoms with E-state index >= 15 is 0 Å². The van der Waals surface area contributed by atoms with E-state index in [0.717, 1.165) is 12.2 Å². The molecule has 0 spiro atoms. The number of benzene rings is 1. The third kappa shape index (κ3) is 4.38. The maximum Gasteiger partial charge on any atom is 0.226 e. The van der Waals surface area contributed by atoms with Crippen LogP contribution in [0.25, 0.3) is 0 Å². The van der Waals surface area contributed by atoms with Gasteiger partial charge in [0.2, 0.25) is 11.2 Å². The zero-order valence-corrected chi connectivity index (χ0v) is 12.4. The summed E-state index contributed by atoms with van der Waals surface area (Å²) in [5.41, 5.74) is 1.13. The largest absolute Gasteiger partial charge is 0.493 e. The van der Waals surface area contributed by atoms with Crippen molar-refractivity contribution in [1.29, 1.82) is 0 Å². The van der Waals surface area contributed by atoms with Crippen LogP contribution in [0.3, 0.4) is 0 Å². The lowest BCUT2D eigenvalue weighted by Gasteiger charge is -2.08. The van der Waals surface area contributed by atoms with E-state index in [4.69, 9.17) is 13.9 Å². The van der Waals surface area contributed by atoms with Gasteiger partial charge in [-0.05, 0) is 31.0 Å². The molecule has 0 aliphatic carbocycles. The van der Waals surface area contributed by atoms with E-state index in [1.165, 1.54) is 17.9 Å². The minimum absolute atomic E-state index is 0.158. The van der Waals surface area contributed by atoms with Gasteiger partial charge in [-0.25, -0.2) is 0 Å². The molecule has 1 aromatic heterocycles. The average Bonchev–Trinajstić information content (AvgIpc) is 2.50. The SMILES string of the molecule is CCc1ccc(OCCCOc2c(C)occc2=O)cc1. The lowest BCUT2D eigenvalue weighted by Crippen LogP contribution is -2.11. The van der Waals surface area contributed by atoms with E-state index in [2.05, 4.69) is 19.1 Å². The van der Waals surface area contributed by atoms with Gasteiger partial charge >= 0.3 is 0 Å². The summed E-state index contributed by atoms with van der Waals surface area (Å²) in [7, 11) is 0. The Balaban J connectivity index is 1.73. The Bertz CT molecular complexity index is 613. The first-order valence-electron chi connectivity index (χ1n) is 7.13. The third-order valence-electron chi connectivity index (χ3n) is 3.14. The molecule has 0 unspecified atom stereocenters. The van der Waals surface area contributed by atoms with Gasteiger partial charge in [-0.3, -0.25) is 4.79 Å². The third-order valence-corrected chi connectivity index (χ3v) is 3.14. The van der Waals surface area contributed by atoms with Crippen molar-refractivity contribution in [3.05, 3.63) is 58.1 Å². The Hall–Kier alpha value is -2.23. The molecule has 2 aromatic rings. The molecule has 1 aromatic carbocycles. The summed E-state index contributed by atoms with van der Waals surface area (Å²) in [4.78, 5) is 11.6. The van der Waals surface area contributed by atoms with Crippen molar-refractivity contribution in [2.75, 3.05) is 13.2 Å². The average molecular weight is 288 g/mol. The van der Waals surface area contributed by atoms with E-state index < -0.39 is 0 Å². The summed E-state index contributed by atoms with van der Waals surface area (Å²) < 4.78 is 16.2. The molecule has 0 fully saturated rings. The quantitative estimate of drug-likeness (QED) is 0.733. The molecule has 0 N–H and O–H groups in total. The number of rotatable bonds is 7. The van der Waals surface area contributed by atoms with Crippen LogP contribution in [0.2, 0.25) is 0 Å². The number of aryl methyl sites for hydroxylation is 2. The highest BCUT2D eigenvalue weighted by molar-refractivity contribution is 5.27. The van der Waals surface area contributed by atoms with E-state index in [9.17, 15) is 4.79 Å². The molecule has 0 saturated carbocycles. The molecule has 4 nitrogen and oxygen atoms in total. The van der Waals surface area contributed by atoms with Crippen LogP contribution in [0.4, 0.5) is 0 Å². The first-order valence-corrected chi connectivity index (χ1v) is 7.13. The van der Waals surface area contributed by atoms with Gasteiger partial charge < -0.3 is 13.9 Å². The summed E-state index contributed by atoms with van der Waals surface area (Å²) in [6, 6.07) is 9.41. The maximum absolute atomic E-state index is 11.6. The van der Waals surface area contributed by atoms with Crippen molar-refractivity contribution in [3.63, 3.8) is 0 Å². The smallest absolute Gasteiger partial charge is 0.226 e. The molecule has 4 heteroatoms. The summed E-state index contributed by atoms with van der Waals surface area (Å²) >= 11 is 0. The Morgan fingerprint density at radius 1 is 1.05 bits per heavy atom. The zero-order valence-electron chi connectivity index (χ0n) is 12.4. The predicted molar refractivity (Wildman–Crippen MR) is 81.1 cm³/mol. The van der Waals surface area contributed by atoms with E-state index in [0.29, 0.717) is 25.4 Å². The molecule has 0 aliphatic heterocycles. The fourth-order valence-corrected chi connectivity index (χ4v) is 1.92. The summed E-state index contributed by atoms with van der Waals surface area (Å²) in [6.45, 7) is 4.79. The molecule has 0 atom stereocenters. The van der Waals surface area contributed by atoms with Gasteiger partial charge in [-0.2, -0.15) is 0 Å². The normalized spacial score (nSPS) is 10.4. The van der Waals surface area contributed by atoms with Gasteiger partial charge in [0.1, 0.15) is 11.5 Å². The second-order valence-corrected chi connectivity index (χ2v) is 4.72. The minimum Gasteiger partial charge on any atom is -0.493 e. The molecule has 0 saturated heterocycles. The van der Waals surface area contributed by atoms with Crippen molar-refractivity contribution in [2.24, 2.45) is 0 Å². The Kier molecular flexibility index (Phi) is 5.43. The summed E-state index contributed by atoms with van der Waals surface area (Å²) in [5, 5.41) is 0. The van der Waals surface area contributed by atoms with Crippen LogP contribution >= 0.6 is 0 Å². The molecular formula is C17H20O4.